The summed E-state index contributed by atoms with van der Waals surface area (Å²) in [6, 6.07) is 28.6. The maximum atomic E-state index is 13.6. The Hall–Kier alpha value is -3.20. The van der Waals surface area contributed by atoms with Gasteiger partial charge in [0, 0.05) is 18.4 Å². The monoisotopic (exact) mass is 395 g/mol. The van der Waals surface area contributed by atoms with E-state index in [2.05, 4.69) is 42.5 Å². The van der Waals surface area contributed by atoms with Gasteiger partial charge in [-0.2, -0.15) is 0 Å². The van der Waals surface area contributed by atoms with Gasteiger partial charge in [-0.05, 0) is 36.5 Å². The number of aryl methyl sites for hydroxylation is 1. The minimum absolute atomic E-state index is 0.221. The van der Waals surface area contributed by atoms with Gasteiger partial charge in [-0.25, -0.2) is 4.79 Å². The van der Waals surface area contributed by atoms with Gasteiger partial charge in [-0.1, -0.05) is 84.9 Å². The van der Waals surface area contributed by atoms with Gasteiger partial charge in [0.1, 0.15) is 0 Å². The van der Waals surface area contributed by atoms with E-state index in [0.29, 0.717) is 12.8 Å². The van der Waals surface area contributed by atoms with Crippen LogP contribution in [-0.2, 0) is 28.8 Å². The molecule has 0 radical (unpaired) electrons. The Morgan fingerprint density at radius 2 is 1.40 bits per heavy atom. The molecular weight excluding hydrogens is 370 g/mol. The second-order valence-corrected chi connectivity index (χ2v) is 8.59. The van der Waals surface area contributed by atoms with Crippen molar-refractivity contribution in [1.82, 2.24) is 0 Å². The molecule has 3 aromatic carbocycles. The first kappa shape index (κ1) is 18.8. The smallest absolute Gasteiger partial charge is 0.335 e. The fraction of sp³-hybridized carbons (Fsp3) is 0.259. The lowest BCUT2D eigenvalue weighted by molar-refractivity contribution is -0.161. The average molecular weight is 396 g/mol. The van der Waals surface area contributed by atoms with E-state index < -0.39 is 11.1 Å². The highest BCUT2D eigenvalue weighted by Crippen LogP contribution is 2.40. The molecule has 2 aliphatic rings. The largest absolute Gasteiger partial charge is 0.451 e. The summed E-state index contributed by atoms with van der Waals surface area (Å²) in [5, 5.41) is 0. The van der Waals surface area contributed by atoms with E-state index in [-0.39, 0.29) is 5.97 Å². The zero-order valence-corrected chi connectivity index (χ0v) is 17.2. The van der Waals surface area contributed by atoms with Gasteiger partial charge in [-0.15, -0.1) is 0 Å². The van der Waals surface area contributed by atoms with E-state index in [4.69, 9.17) is 9.73 Å². The van der Waals surface area contributed by atoms with E-state index in [1.165, 1.54) is 5.56 Å². The van der Waals surface area contributed by atoms with Crippen molar-refractivity contribution in [2.24, 2.45) is 4.99 Å². The standard InChI is InChI=1S/C27H25NO2/c1-26-17-16-22-14-8-9-15-23(22)24(26)28-27(25(29)30-26,18-20-10-4-2-5-11-20)19-21-12-6-3-7-13-21/h2-15H,16-19H2,1H3/t26-/m0/s1. The second kappa shape index (κ2) is 7.24. The fourth-order valence-corrected chi connectivity index (χ4v) is 4.74. The molecule has 3 heteroatoms. The predicted octanol–water partition coefficient (Wildman–Crippen LogP) is 4.96. The molecule has 0 saturated heterocycles. The van der Waals surface area contributed by atoms with E-state index in [1.807, 2.05) is 49.4 Å². The molecule has 1 aliphatic heterocycles. The Kier molecular flexibility index (Phi) is 4.54. The molecule has 3 nitrogen and oxygen atoms in total. The van der Waals surface area contributed by atoms with Crippen molar-refractivity contribution in [3.05, 3.63) is 107 Å². The van der Waals surface area contributed by atoms with Crippen LogP contribution in [-0.4, -0.2) is 22.8 Å². The number of hydrogen-bond acceptors (Lipinski definition) is 3. The van der Waals surface area contributed by atoms with Crippen LogP contribution in [0, 0.1) is 0 Å². The summed E-state index contributed by atoms with van der Waals surface area (Å²) in [5.41, 5.74) is 3.84. The van der Waals surface area contributed by atoms with E-state index in [0.717, 1.165) is 35.2 Å². The molecule has 30 heavy (non-hydrogen) atoms. The van der Waals surface area contributed by atoms with Crippen LogP contribution in [0.3, 0.4) is 0 Å². The number of hydrogen-bond donors (Lipinski definition) is 0. The van der Waals surface area contributed by atoms with Crippen LogP contribution in [0.4, 0.5) is 0 Å². The third-order valence-corrected chi connectivity index (χ3v) is 6.35. The number of ether oxygens (including phenoxy) is 1. The van der Waals surface area contributed by atoms with Gasteiger partial charge >= 0.3 is 5.97 Å². The summed E-state index contributed by atoms with van der Waals surface area (Å²) in [4.78, 5) is 18.8. The zero-order chi connectivity index (χ0) is 20.6. The van der Waals surface area contributed by atoms with Crippen molar-refractivity contribution in [2.75, 3.05) is 0 Å². The van der Waals surface area contributed by atoms with Gasteiger partial charge in [0.15, 0.2) is 11.1 Å². The van der Waals surface area contributed by atoms with E-state index in [1.54, 1.807) is 0 Å². The number of benzene rings is 3. The maximum Gasteiger partial charge on any atom is 0.335 e. The quantitative estimate of drug-likeness (QED) is 0.586. The Morgan fingerprint density at radius 3 is 2.03 bits per heavy atom. The highest BCUT2D eigenvalue weighted by atomic mass is 16.6. The summed E-state index contributed by atoms with van der Waals surface area (Å²) in [5.74, 6) is -0.221. The molecule has 1 heterocycles. The van der Waals surface area contributed by atoms with Crippen LogP contribution in [0.2, 0.25) is 0 Å². The number of aliphatic imine (C=N–C) groups is 1. The Bertz CT molecular complexity index is 1060. The normalized spacial score (nSPS) is 21.8. The first-order valence-corrected chi connectivity index (χ1v) is 10.6. The molecule has 0 unspecified atom stereocenters. The highest BCUT2D eigenvalue weighted by Gasteiger charge is 2.52. The van der Waals surface area contributed by atoms with Crippen molar-refractivity contribution in [2.45, 2.75) is 43.7 Å². The minimum atomic E-state index is -0.970. The summed E-state index contributed by atoms with van der Waals surface area (Å²) >= 11 is 0. The van der Waals surface area contributed by atoms with Gasteiger partial charge in [-0.3, -0.25) is 4.99 Å². The molecule has 0 amide bonds. The number of carbonyl (C=O) groups is 1. The third kappa shape index (κ3) is 3.24. The van der Waals surface area contributed by atoms with Crippen molar-refractivity contribution in [3.63, 3.8) is 0 Å². The highest BCUT2D eigenvalue weighted by molar-refractivity contribution is 6.12. The molecule has 0 spiro atoms. The number of nitrogens with zero attached hydrogens (tertiary/aromatic N) is 1. The molecule has 3 aromatic rings. The minimum Gasteiger partial charge on any atom is -0.451 e. The summed E-state index contributed by atoms with van der Waals surface area (Å²) in [6.07, 6.45) is 2.69. The number of esters is 1. The topological polar surface area (TPSA) is 38.7 Å². The average Bonchev–Trinajstić information content (AvgIpc) is 2.76. The van der Waals surface area contributed by atoms with Crippen LogP contribution in [0.5, 0.6) is 0 Å². The molecule has 0 N–H and O–H groups in total. The summed E-state index contributed by atoms with van der Waals surface area (Å²) in [6.45, 7) is 2.01. The van der Waals surface area contributed by atoms with Crippen molar-refractivity contribution < 1.29 is 9.53 Å². The first-order chi connectivity index (χ1) is 14.6. The Balaban J connectivity index is 1.67. The van der Waals surface area contributed by atoms with Crippen molar-refractivity contribution in [3.8, 4) is 0 Å². The second-order valence-electron chi connectivity index (χ2n) is 8.59. The van der Waals surface area contributed by atoms with Gasteiger partial charge in [0.25, 0.3) is 0 Å². The molecular formula is C27H25NO2. The maximum absolute atomic E-state index is 13.6. The number of fused-ring (bicyclic) bond motifs is 3. The van der Waals surface area contributed by atoms with E-state index in [9.17, 15) is 4.79 Å². The van der Waals surface area contributed by atoms with Crippen LogP contribution in [0.1, 0.15) is 35.6 Å². The third-order valence-electron chi connectivity index (χ3n) is 6.35. The van der Waals surface area contributed by atoms with Crippen molar-refractivity contribution >= 4 is 11.7 Å². The molecule has 0 saturated carbocycles. The zero-order valence-electron chi connectivity index (χ0n) is 17.2. The van der Waals surface area contributed by atoms with Gasteiger partial charge in [0.2, 0.25) is 0 Å². The van der Waals surface area contributed by atoms with Crippen LogP contribution < -0.4 is 0 Å². The SMILES string of the molecule is C[C@]12CCc3ccccc3C1=NC(Cc1ccccc1)(Cc1ccccc1)C(=O)O2. The Morgan fingerprint density at radius 1 is 0.833 bits per heavy atom. The molecule has 1 aliphatic carbocycles. The van der Waals surface area contributed by atoms with Gasteiger partial charge < -0.3 is 4.74 Å². The molecule has 0 fully saturated rings. The Labute approximate surface area is 177 Å². The lowest BCUT2D eigenvalue weighted by atomic mass is 9.75. The molecule has 0 aromatic heterocycles. The molecule has 1 atom stereocenters. The van der Waals surface area contributed by atoms with Gasteiger partial charge in [0.05, 0.1) is 5.71 Å². The van der Waals surface area contributed by atoms with Crippen molar-refractivity contribution in [1.29, 1.82) is 0 Å². The van der Waals surface area contributed by atoms with Crippen LogP contribution >= 0.6 is 0 Å². The van der Waals surface area contributed by atoms with Crippen LogP contribution in [0.15, 0.2) is 89.9 Å². The lowest BCUT2D eigenvalue weighted by Gasteiger charge is -2.44. The molecule has 150 valence electrons. The summed E-state index contributed by atoms with van der Waals surface area (Å²) < 4.78 is 6.23. The number of rotatable bonds is 4. The van der Waals surface area contributed by atoms with E-state index >= 15 is 0 Å². The lowest BCUT2D eigenvalue weighted by Crippen LogP contribution is -2.57. The summed E-state index contributed by atoms with van der Waals surface area (Å²) in [7, 11) is 0. The fourth-order valence-electron chi connectivity index (χ4n) is 4.74. The molecule has 0 bridgehead atoms. The number of carbonyl (C=O) groups excluding carboxylic acids is 1. The van der Waals surface area contributed by atoms with Crippen LogP contribution in [0.25, 0.3) is 0 Å². The predicted molar refractivity (Wildman–Crippen MR) is 119 cm³/mol. The first-order valence-electron chi connectivity index (χ1n) is 10.6. The molecule has 5 rings (SSSR count).